The first-order chi connectivity index (χ1) is 9.22. The van der Waals surface area contributed by atoms with Gasteiger partial charge in [-0.3, -0.25) is 9.69 Å². The quantitative estimate of drug-likeness (QED) is 0.794. The van der Waals surface area contributed by atoms with Crippen molar-refractivity contribution in [3.05, 3.63) is 29.8 Å². The van der Waals surface area contributed by atoms with E-state index in [1.54, 1.807) is 0 Å². The average molecular weight is 279 g/mol. The topological polar surface area (TPSA) is 23.6 Å². The number of rotatable bonds is 3. The predicted molar refractivity (Wildman–Crippen MR) is 77.6 cm³/mol. The summed E-state index contributed by atoms with van der Waals surface area (Å²) in [5.41, 5.74) is 2.27. The lowest BCUT2D eigenvalue weighted by Crippen LogP contribution is -2.25. The molecule has 1 amide bonds. The van der Waals surface area contributed by atoms with Crippen molar-refractivity contribution in [1.29, 1.82) is 0 Å². The van der Waals surface area contributed by atoms with E-state index in [1.165, 1.54) is 31.5 Å². The molecule has 4 heteroatoms. The zero-order valence-electron chi connectivity index (χ0n) is 11.0. The number of hydrogen-bond donors (Lipinski definition) is 0. The number of nitrogens with zero attached hydrogens (tertiary/aromatic N) is 2. The largest absolute Gasteiger partial charge is 0.311 e. The molecule has 3 nitrogen and oxygen atoms in total. The second-order valence-corrected chi connectivity index (χ2v) is 6.08. The minimum Gasteiger partial charge on any atom is -0.311 e. The van der Waals surface area contributed by atoms with Crippen molar-refractivity contribution in [2.24, 2.45) is 0 Å². The maximum atomic E-state index is 11.9. The van der Waals surface area contributed by atoms with Crippen LogP contribution in [0.1, 0.15) is 24.8 Å². The van der Waals surface area contributed by atoms with Gasteiger partial charge >= 0.3 is 0 Å². The van der Waals surface area contributed by atoms with E-state index in [2.05, 4.69) is 17.0 Å². The maximum absolute atomic E-state index is 11.9. The van der Waals surface area contributed by atoms with Gasteiger partial charge in [-0.25, -0.2) is 0 Å². The molecule has 1 unspecified atom stereocenters. The lowest BCUT2D eigenvalue weighted by molar-refractivity contribution is -0.117. The van der Waals surface area contributed by atoms with Crippen molar-refractivity contribution in [3.63, 3.8) is 0 Å². The maximum Gasteiger partial charge on any atom is 0.228 e. The molecular formula is C15H19ClN2O. The van der Waals surface area contributed by atoms with Crippen LogP contribution in [0.5, 0.6) is 0 Å². The van der Waals surface area contributed by atoms with E-state index >= 15 is 0 Å². The van der Waals surface area contributed by atoms with Gasteiger partial charge in [0.2, 0.25) is 5.91 Å². The molecule has 2 saturated heterocycles. The molecule has 0 N–H and O–H groups in total. The normalized spacial score (nSPS) is 24.4. The van der Waals surface area contributed by atoms with Crippen molar-refractivity contribution in [2.45, 2.75) is 31.2 Å². The molecule has 19 heavy (non-hydrogen) atoms. The number of likely N-dealkylation sites (tertiary alicyclic amines) is 1. The number of alkyl halides is 1. The molecule has 3 rings (SSSR count). The summed E-state index contributed by atoms with van der Waals surface area (Å²) in [6.07, 6.45) is 3.06. The van der Waals surface area contributed by atoms with Gasteiger partial charge in [0.1, 0.15) is 0 Å². The lowest BCUT2D eigenvalue weighted by atomic mass is 10.2. The SMILES string of the molecule is O=C1CC(Cl)CN1c1cccc(CN2CCCC2)c1. The number of halogens is 1. The van der Waals surface area contributed by atoms with Crippen molar-refractivity contribution < 1.29 is 4.79 Å². The molecule has 0 radical (unpaired) electrons. The molecule has 0 saturated carbocycles. The molecule has 2 aliphatic rings. The van der Waals surface area contributed by atoms with E-state index < -0.39 is 0 Å². The third-order valence-electron chi connectivity index (χ3n) is 3.90. The Kier molecular flexibility index (Phi) is 3.76. The van der Waals surface area contributed by atoms with Crippen LogP contribution in [0, 0.1) is 0 Å². The third kappa shape index (κ3) is 2.93. The van der Waals surface area contributed by atoms with Gasteiger partial charge < -0.3 is 4.90 Å². The third-order valence-corrected chi connectivity index (χ3v) is 4.20. The molecular weight excluding hydrogens is 260 g/mol. The van der Waals surface area contributed by atoms with Crippen LogP contribution >= 0.6 is 11.6 Å². The molecule has 2 fully saturated rings. The van der Waals surface area contributed by atoms with E-state index in [-0.39, 0.29) is 11.3 Å². The first-order valence-corrected chi connectivity index (χ1v) is 7.42. The number of carbonyl (C=O) groups is 1. The molecule has 102 valence electrons. The predicted octanol–water partition coefficient (Wildman–Crippen LogP) is 2.63. The smallest absolute Gasteiger partial charge is 0.228 e. The fourth-order valence-corrected chi connectivity index (χ4v) is 3.21. The molecule has 0 aliphatic carbocycles. The van der Waals surface area contributed by atoms with Gasteiger partial charge in [-0.2, -0.15) is 0 Å². The highest BCUT2D eigenvalue weighted by Crippen LogP contribution is 2.25. The highest BCUT2D eigenvalue weighted by Gasteiger charge is 2.29. The summed E-state index contributed by atoms with van der Waals surface area (Å²) < 4.78 is 0. The van der Waals surface area contributed by atoms with Crippen LogP contribution in [-0.4, -0.2) is 35.8 Å². The Morgan fingerprint density at radius 1 is 1.26 bits per heavy atom. The van der Waals surface area contributed by atoms with Crippen LogP contribution in [-0.2, 0) is 11.3 Å². The zero-order valence-corrected chi connectivity index (χ0v) is 11.8. The van der Waals surface area contributed by atoms with Gasteiger partial charge in [0, 0.05) is 25.2 Å². The minimum atomic E-state index is -0.0465. The molecule has 0 aromatic heterocycles. The Labute approximate surface area is 119 Å². The summed E-state index contributed by atoms with van der Waals surface area (Å²) in [7, 11) is 0. The van der Waals surface area contributed by atoms with E-state index in [0.29, 0.717) is 13.0 Å². The number of amides is 1. The second kappa shape index (κ2) is 5.51. The molecule has 0 spiro atoms. The van der Waals surface area contributed by atoms with Gasteiger partial charge in [0.15, 0.2) is 0 Å². The molecule has 1 atom stereocenters. The Morgan fingerprint density at radius 3 is 2.74 bits per heavy atom. The number of hydrogen-bond acceptors (Lipinski definition) is 2. The minimum absolute atomic E-state index is 0.0465. The van der Waals surface area contributed by atoms with Crippen molar-refractivity contribution in [2.75, 3.05) is 24.5 Å². The highest BCUT2D eigenvalue weighted by atomic mass is 35.5. The number of anilines is 1. The second-order valence-electron chi connectivity index (χ2n) is 5.46. The van der Waals surface area contributed by atoms with Crippen LogP contribution in [0.25, 0.3) is 0 Å². The molecule has 2 heterocycles. The fourth-order valence-electron chi connectivity index (χ4n) is 2.94. The van der Waals surface area contributed by atoms with Crippen molar-refractivity contribution in [3.8, 4) is 0 Å². The van der Waals surface area contributed by atoms with Crippen LogP contribution < -0.4 is 4.90 Å². The van der Waals surface area contributed by atoms with Crippen LogP contribution in [0.3, 0.4) is 0 Å². The van der Waals surface area contributed by atoms with E-state index in [1.807, 2.05) is 17.0 Å². The summed E-state index contributed by atoms with van der Waals surface area (Å²) in [4.78, 5) is 16.2. The Morgan fingerprint density at radius 2 is 2.05 bits per heavy atom. The molecule has 1 aromatic rings. The number of carbonyl (C=O) groups excluding carboxylic acids is 1. The van der Waals surface area contributed by atoms with Gasteiger partial charge in [-0.15, -0.1) is 11.6 Å². The average Bonchev–Trinajstić information content (AvgIpc) is 2.99. The zero-order chi connectivity index (χ0) is 13.2. The lowest BCUT2D eigenvalue weighted by Gasteiger charge is -2.19. The first-order valence-electron chi connectivity index (χ1n) is 6.98. The number of benzene rings is 1. The summed E-state index contributed by atoms with van der Waals surface area (Å²) in [5.74, 6) is 0.137. The van der Waals surface area contributed by atoms with Gasteiger partial charge in [0.05, 0.1) is 5.38 Å². The standard InChI is InChI=1S/C15H19ClN2O/c16-13-9-15(19)18(11-13)14-5-3-4-12(8-14)10-17-6-1-2-7-17/h3-5,8,13H,1-2,6-7,9-11H2. The molecule has 1 aromatic carbocycles. The fraction of sp³-hybridized carbons (Fsp3) is 0.533. The Bertz CT molecular complexity index is 471. The molecule has 0 bridgehead atoms. The van der Waals surface area contributed by atoms with E-state index in [9.17, 15) is 4.79 Å². The highest BCUT2D eigenvalue weighted by molar-refractivity contribution is 6.24. The Balaban J connectivity index is 1.74. The van der Waals surface area contributed by atoms with E-state index in [0.717, 1.165) is 12.2 Å². The summed E-state index contributed by atoms with van der Waals surface area (Å²) in [5, 5.41) is -0.0465. The first kappa shape index (κ1) is 12.9. The van der Waals surface area contributed by atoms with Gasteiger partial charge in [-0.1, -0.05) is 12.1 Å². The van der Waals surface area contributed by atoms with E-state index in [4.69, 9.17) is 11.6 Å². The summed E-state index contributed by atoms with van der Waals surface area (Å²) in [6, 6.07) is 8.31. The van der Waals surface area contributed by atoms with Crippen molar-refractivity contribution in [1.82, 2.24) is 4.90 Å². The van der Waals surface area contributed by atoms with Crippen LogP contribution in [0.15, 0.2) is 24.3 Å². The van der Waals surface area contributed by atoms with Gasteiger partial charge in [0.25, 0.3) is 0 Å². The van der Waals surface area contributed by atoms with Crippen LogP contribution in [0.4, 0.5) is 5.69 Å². The summed E-state index contributed by atoms with van der Waals surface area (Å²) >= 11 is 6.06. The molecule has 2 aliphatic heterocycles. The monoisotopic (exact) mass is 278 g/mol. The van der Waals surface area contributed by atoms with Gasteiger partial charge in [-0.05, 0) is 43.6 Å². The van der Waals surface area contributed by atoms with Crippen molar-refractivity contribution >= 4 is 23.2 Å². The summed E-state index contributed by atoms with van der Waals surface area (Å²) in [6.45, 7) is 4.00. The Hall–Kier alpha value is -1.06. The van der Waals surface area contributed by atoms with Crippen LogP contribution in [0.2, 0.25) is 0 Å².